The van der Waals surface area contributed by atoms with E-state index in [4.69, 9.17) is 9.47 Å². The summed E-state index contributed by atoms with van der Waals surface area (Å²) in [6.45, 7) is 2.13. The van der Waals surface area contributed by atoms with Gasteiger partial charge in [-0.15, -0.1) is 0 Å². The van der Waals surface area contributed by atoms with Crippen molar-refractivity contribution in [3.8, 4) is 22.8 Å². The van der Waals surface area contributed by atoms with Gasteiger partial charge in [0.05, 0.1) is 14.2 Å². The van der Waals surface area contributed by atoms with Gasteiger partial charge >= 0.3 is 0 Å². The van der Waals surface area contributed by atoms with Crippen LogP contribution < -0.4 is 9.47 Å². The first-order valence-corrected chi connectivity index (χ1v) is 6.53. The van der Waals surface area contributed by atoms with E-state index in [-0.39, 0.29) is 0 Å². The molecule has 1 aromatic heterocycles. The van der Waals surface area contributed by atoms with Gasteiger partial charge < -0.3 is 14.5 Å². The molecule has 102 valence electrons. The van der Waals surface area contributed by atoms with Gasteiger partial charge in [0.2, 0.25) is 0 Å². The standard InChI is InChI=1S/C17H17NO2/c1-11-15-9-8-14(20-3)10-16(15)18-17(11)12-4-6-13(19-2)7-5-12/h4-10,18H,1-3H3. The number of hydrogen-bond donors (Lipinski definition) is 1. The predicted octanol–water partition coefficient (Wildman–Crippen LogP) is 4.16. The maximum atomic E-state index is 5.27. The van der Waals surface area contributed by atoms with E-state index >= 15 is 0 Å². The lowest BCUT2D eigenvalue weighted by Crippen LogP contribution is -1.84. The Morgan fingerprint density at radius 1 is 0.850 bits per heavy atom. The minimum Gasteiger partial charge on any atom is -0.497 e. The maximum absolute atomic E-state index is 5.27. The van der Waals surface area contributed by atoms with E-state index in [0.717, 1.165) is 28.3 Å². The second-order valence-corrected chi connectivity index (χ2v) is 4.77. The number of methoxy groups -OCH3 is 2. The monoisotopic (exact) mass is 267 g/mol. The first-order valence-electron chi connectivity index (χ1n) is 6.53. The number of ether oxygens (including phenoxy) is 2. The zero-order valence-corrected chi connectivity index (χ0v) is 11.9. The van der Waals surface area contributed by atoms with Gasteiger partial charge in [0.25, 0.3) is 0 Å². The summed E-state index contributed by atoms with van der Waals surface area (Å²) >= 11 is 0. The van der Waals surface area contributed by atoms with Gasteiger partial charge in [0, 0.05) is 22.7 Å². The summed E-state index contributed by atoms with van der Waals surface area (Å²) < 4.78 is 10.5. The van der Waals surface area contributed by atoms with Crippen molar-refractivity contribution < 1.29 is 9.47 Å². The van der Waals surface area contributed by atoms with Crippen LogP contribution >= 0.6 is 0 Å². The van der Waals surface area contributed by atoms with Crippen molar-refractivity contribution in [2.24, 2.45) is 0 Å². The molecule has 3 nitrogen and oxygen atoms in total. The average molecular weight is 267 g/mol. The Hall–Kier alpha value is -2.42. The molecule has 3 aromatic rings. The molecule has 0 amide bonds. The summed E-state index contributed by atoms with van der Waals surface area (Å²) in [4.78, 5) is 3.47. The van der Waals surface area contributed by atoms with Crippen LogP contribution in [0.4, 0.5) is 0 Å². The smallest absolute Gasteiger partial charge is 0.120 e. The van der Waals surface area contributed by atoms with Crippen LogP contribution in [-0.2, 0) is 0 Å². The van der Waals surface area contributed by atoms with Crippen LogP contribution in [0.15, 0.2) is 42.5 Å². The van der Waals surface area contributed by atoms with Gasteiger partial charge in [-0.2, -0.15) is 0 Å². The predicted molar refractivity (Wildman–Crippen MR) is 81.6 cm³/mol. The molecule has 0 unspecified atom stereocenters. The molecule has 0 spiro atoms. The Labute approximate surface area is 118 Å². The SMILES string of the molecule is COc1ccc(-c2[nH]c3cc(OC)ccc3c2C)cc1. The Bertz CT molecular complexity index is 742. The number of hydrogen-bond acceptors (Lipinski definition) is 2. The maximum Gasteiger partial charge on any atom is 0.120 e. The number of H-pyrrole nitrogens is 1. The summed E-state index contributed by atoms with van der Waals surface area (Å²) in [5.74, 6) is 1.73. The lowest BCUT2D eigenvalue weighted by Gasteiger charge is -2.03. The molecule has 20 heavy (non-hydrogen) atoms. The molecule has 0 saturated carbocycles. The highest BCUT2D eigenvalue weighted by atomic mass is 16.5. The van der Waals surface area contributed by atoms with Crippen LogP contribution in [-0.4, -0.2) is 19.2 Å². The van der Waals surface area contributed by atoms with Crippen LogP contribution in [0.1, 0.15) is 5.56 Å². The summed E-state index contributed by atoms with van der Waals surface area (Å²) in [7, 11) is 3.36. The van der Waals surface area contributed by atoms with Gasteiger partial charge in [-0.1, -0.05) is 0 Å². The first kappa shape index (κ1) is 12.6. The van der Waals surface area contributed by atoms with Crippen molar-refractivity contribution in [1.29, 1.82) is 0 Å². The second kappa shape index (κ2) is 4.93. The van der Waals surface area contributed by atoms with E-state index < -0.39 is 0 Å². The summed E-state index contributed by atoms with van der Waals surface area (Å²) in [5.41, 5.74) is 4.62. The van der Waals surface area contributed by atoms with E-state index in [1.807, 2.05) is 24.3 Å². The molecule has 2 aromatic carbocycles. The van der Waals surface area contributed by atoms with Gasteiger partial charge in [-0.25, -0.2) is 0 Å². The highest BCUT2D eigenvalue weighted by molar-refractivity contribution is 5.91. The lowest BCUT2D eigenvalue weighted by molar-refractivity contribution is 0.415. The minimum atomic E-state index is 0.861. The van der Waals surface area contributed by atoms with Crippen LogP contribution in [0, 0.1) is 6.92 Å². The van der Waals surface area contributed by atoms with Crippen molar-refractivity contribution in [1.82, 2.24) is 4.98 Å². The molecule has 0 atom stereocenters. The van der Waals surface area contributed by atoms with E-state index in [0.29, 0.717) is 0 Å². The highest BCUT2D eigenvalue weighted by Crippen LogP contribution is 2.32. The second-order valence-electron chi connectivity index (χ2n) is 4.77. The van der Waals surface area contributed by atoms with Gasteiger partial charge in [-0.3, -0.25) is 0 Å². The Morgan fingerprint density at radius 2 is 1.50 bits per heavy atom. The van der Waals surface area contributed by atoms with Crippen molar-refractivity contribution in [2.45, 2.75) is 6.92 Å². The fourth-order valence-corrected chi connectivity index (χ4v) is 2.49. The van der Waals surface area contributed by atoms with Gasteiger partial charge in [0.15, 0.2) is 0 Å². The quantitative estimate of drug-likeness (QED) is 0.773. The molecule has 3 heteroatoms. The van der Waals surface area contributed by atoms with Crippen LogP contribution in [0.3, 0.4) is 0 Å². The van der Waals surface area contributed by atoms with E-state index in [9.17, 15) is 0 Å². The Kier molecular flexibility index (Phi) is 3.11. The van der Waals surface area contributed by atoms with Crippen molar-refractivity contribution >= 4 is 10.9 Å². The average Bonchev–Trinajstić information content (AvgIpc) is 2.84. The van der Waals surface area contributed by atoms with Gasteiger partial charge in [0.1, 0.15) is 11.5 Å². The molecular formula is C17H17NO2. The van der Waals surface area contributed by atoms with E-state index in [1.54, 1.807) is 14.2 Å². The molecule has 1 heterocycles. The van der Waals surface area contributed by atoms with Crippen molar-refractivity contribution in [2.75, 3.05) is 14.2 Å². The molecule has 3 rings (SSSR count). The molecule has 0 fully saturated rings. The fourth-order valence-electron chi connectivity index (χ4n) is 2.49. The zero-order chi connectivity index (χ0) is 14.1. The normalized spacial score (nSPS) is 10.8. The largest absolute Gasteiger partial charge is 0.497 e. The topological polar surface area (TPSA) is 34.2 Å². The van der Waals surface area contributed by atoms with E-state index in [1.165, 1.54) is 10.9 Å². The summed E-state index contributed by atoms with van der Waals surface area (Å²) in [6, 6.07) is 14.2. The Morgan fingerprint density at radius 3 is 2.15 bits per heavy atom. The number of fused-ring (bicyclic) bond motifs is 1. The van der Waals surface area contributed by atoms with Crippen LogP contribution in [0.2, 0.25) is 0 Å². The minimum absolute atomic E-state index is 0.861. The molecule has 0 aliphatic rings. The zero-order valence-electron chi connectivity index (χ0n) is 11.9. The number of rotatable bonds is 3. The Balaban J connectivity index is 2.12. The molecule has 1 N–H and O–H groups in total. The fraction of sp³-hybridized carbons (Fsp3) is 0.176. The molecule has 0 aliphatic carbocycles. The summed E-state index contributed by atoms with van der Waals surface area (Å²) in [6.07, 6.45) is 0. The molecule has 0 saturated heterocycles. The lowest BCUT2D eigenvalue weighted by atomic mass is 10.1. The van der Waals surface area contributed by atoms with Gasteiger partial charge in [-0.05, 0) is 54.4 Å². The molecule has 0 aliphatic heterocycles. The molecular weight excluding hydrogens is 250 g/mol. The third-order valence-corrected chi connectivity index (χ3v) is 3.64. The third-order valence-electron chi connectivity index (χ3n) is 3.64. The molecule has 0 radical (unpaired) electrons. The van der Waals surface area contributed by atoms with Crippen molar-refractivity contribution in [3.05, 3.63) is 48.0 Å². The van der Waals surface area contributed by atoms with Crippen LogP contribution in [0.5, 0.6) is 11.5 Å². The number of benzene rings is 2. The van der Waals surface area contributed by atoms with Crippen molar-refractivity contribution in [3.63, 3.8) is 0 Å². The van der Waals surface area contributed by atoms with Crippen LogP contribution in [0.25, 0.3) is 22.2 Å². The summed E-state index contributed by atoms with van der Waals surface area (Å²) in [5, 5.41) is 1.22. The number of aromatic nitrogens is 1. The number of aryl methyl sites for hydroxylation is 1. The highest BCUT2D eigenvalue weighted by Gasteiger charge is 2.10. The number of nitrogens with one attached hydrogen (secondary N) is 1. The third kappa shape index (κ3) is 2.01. The first-order chi connectivity index (χ1) is 9.72. The van der Waals surface area contributed by atoms with E-state index in [2.05, 4.69) is 30.1 Å². The number of aromatic amines is 1. The molecule has 0 bridgehead atoms.